The number of rotatable bonds is 3. The molecule has 7 heteroatoms. The van der Waals surface area contributed by atoms with Crippen LogP contribution >= 0.6 is 0 Å². The van der Waals surface area contributed by atoms with Crippen molar-refractivity contribution in [1.82, 2.24) is 19.6 Å². The molecule has 0 N–H and O–H groups in total. The molecule has 7 nitrogen and oxygen atoms in total. The third-order valence-corrected chi connectivity index (χ3v) is 8.65. The molecule has 2 aromatic carbocycles. The van der Waals surface area contributed by atoms with Crippen LogP contribution in [0.2, 0.25) is 0 Å². The molecule has 0 radical (unpaired) electrons. The van der Waals surface area contributed by atoms with Crippen LogP contribution in [0.3, 0.4) is 0 Å². The van der Waals surface area contributed by atoms with Crippen molar-refractivity contribution in [3.63, 3.8) is 0 Å². The Bertz CT molecular complexity index is 1290. The minimum absolute atomic E-state index is 0.0293. The molecule has 2 aliphatic rings. The first-order valence-electron chi connectivity index (χ1n) is 14.9. The zero-order valence-electron chi connectivity index (χ0n) is 24.0. The summed E-state index contributed by atoms with van der Waals surface area (Å²) < 4.78 is 7.85. The minimum Gasteiger partial charge on any atom is -0.493 e. The summed E-state index contributed by atoms with van der Waals surface area (Å²) in [5.74, 6) is 1.17. The second-order valence-corrected chi connectivity index (χ2v) is 11.4. The number of ether oxygens (including phenoxy) is 1. The summed E-state index contributed by atoms with van der Waals surface area (Å²) in [6.07, 6.45) is 7.24. The van der Waals surface area contributed by atoms with E-state index in [1.165, 1.54) is 5.56 Å². The van der Waals surface area contributed by atoms with Crippen LogP contribution in [-0.4, -0.2) is 64.7 Å². The third-order valence-electron chi connectivity index (χ3n) is 8.65. The molecule has 0 aliphatic carbocycles. The smallest absolute Gasteiger partial charge is 0.272 e. The number of carbonyl (C=O) groups is 2. The standard InChI is InChI=1S/C33H42N4O3/c1-3-37-29(24-28(34-37)26-12-5-4-6-13-26)32(39)36-21-19-33(20-22-36)18-10-9-15-27-14-7-8-16-30(27)40-23-11-17-31(38)35(2)25-33/h4-8,12-14,16,24H,3,9-11,15,17-23,25H2,1-2H3. The van der Waals surface area contributed by atoms with Gasteiger partial charge >= 0.3 is 0 Å². The molecular formula is C33H42N4O3. The van der Waals surface area contributed by atoms with Crippen molar-refractivity contribution in [2.45, 2.75) is 64.8 Å². The Hall–Kier alpha value is -3.61. The predicted octanol–water partition coefficient (Wildman–Crippen LogP) is 5.84. The van der Waals surface area contributed by atoms with Gasteiger partial charge in [-0.15, -0.1) is 0 Å². The number of hydrogen-bond acceptors (Lipinski definition) is 4. The first-order chi connectivity index (χ1) is 19.5. The number of amides is 2. The summed E-state index contributed by atoms with van der Waals surface area (Å²) in [6, 6.07) is 20.2. The lowest BCUT2D eigenvalue weighted by molar-refractivity contribution is -0.132. The van der Waals surface area contributed by atoms with E-state index < -0.39 is 0 Å². The molecule has 3 heterocycles. The van der Waals surface area contributed by atoms with Gasteiger partial charge in [0.25, 0.3) is 5.91 Å². The van der Waals surface area contributed by atoms with E-state index in [9.17, 15) is 9.59 Å². The number of piperidine rings is 1. The number of carbonyl (C=O) groups excluding carboxylic acids is 2. The molecule has 1 fully saturated rings. The van der Waals surface area contributed by atoms with Crippen LogP contribution in [0.1, 0.15) is 67.9 Å². The first-order valence-corrected chi connectivity index (χ1v) is 14.9. The van der Waals surface area contributed by atoms with E-state index >= 15 is 0 Å². The van der Waals surface area contributed by atoms with Gasteiger partial charge in [-0.3, -0.25) is 14.3 Å². The summed E-state index contributed by atoms with van der Waals surface area (Å²) in [5, 5.41) is 4.72. The Labute approximate surface area is 238 Å². The normalized spacial score (nSPS) is 18.6. The zero-order chi connectivity index (χ0) is 28.0. The summed E-state index contributed by atoms with van der Waals surface area (Å²) in [4.78, 5) is 30.6. The van der Waals surface area contributed by atoms with Gasteiger partial charge in [0.2, 0.25) is 5.91 Å². The van der Waals surface area contributed by atoms with E-state index in [-0.39, 0.29) is 17.2 Å². The molecule has 40 heavy (non-hydrogen) atoms. The molecule has 0 saturated carbocycles. The average Bonchev–Trinajstić information content (AvgIpc) is 3.43. The van der Waals surface area contributed by atoms with Crippen LogP contribution in [0.5, 0.6) is 5.75 Å². The lowest BCUT2D eigenvalue weighted by Gasteiger charge is -2.44. The second-order valence-electron chi connectivity index (χ2n) is 11.4. The van der Waals surface area contributed by atoms with Crippen LogP contribution in [0.25, 0.3) is 11.3 Å². The van der Waals surface area contributed by atoms with E-state index in [2.05, 4.69) is 12.1 Å². The number of fused-ring (bicyclic) bond motifs is 1. The summed E-state index contributed by atoms with van der Waals surface area (Å²) in [5.41, 5.74) is 3.78. The first kappa shape index (κ1) is 27.9. The maximum Gasteiger partial charge on any atom is 0.272 e. The fourth-order valence-corrected chi connectivity index (χ4v) is 6.27. The number of likely N-dealkylation sites (tertiary alicyclic amines) is 1. The van der Waals surface area contributed by atoms with Gasteiger partial charge in [0, 0.05) is 45.2 Å². The minimum atomic E-state index is 0.0293. The Morgan fingerprint density at radius 3 is 2.48 bits per heavy atom. The van der Waals surface area contributed by atoms with Crippen molar-refractivity contribution in [3.8, 4) is 17.0 Å². The van der Waals surface area contributed by atoms with Gasteiger partial charge in [-0.05, 0) is 68.6 Å². The van der Waals surface area contributed by atoms with Crippen LogP contribution in [0.15, 0.2) is 60.7 Å². The zero-order valence-corrected chi connectivity index (χ0v) is 24.0. The maximum atomic E-state index is 13.7. The van der Waals surface area contributed by atoms with Crippen LogP contribution < -0.4 is 4.74 Å². The number of aryl methyl sites for hydroxylation is 2. The van der Waals surface area contributed by atoms with Gasteiger partial charge in [0.15, 0.2) is 0 Å². The van der Waals surface area contributed by atoms with E-state index in [0.717, 1.165) is 62.1 Å². The number of para-hydroxylation sites is 1. The van der Waals surface area contributed by atoms with Gasteiger partial charge in [0.1, 0.15) is 11.4 Å². The third kappa shape index (κ3) is 6.40. The van der Waals surface area contributed by atoms with Crippen molar-refractivity contribution in [1.29, 1.82) is 0 Å². The van der Waals surface area contributed by atoms with Crippen LogP contribution in [0.4, 0.5) is 0 Å². The molecular weight excluding hydrogens is 500 g/mol. The van der Waals surface area contributed by atoms with Crippen molar-refractivity contribution in [2.75, 3.05) is 33.3 Å². The van der Waals surface area contributed by atoms with E-state index in [1.807, 2.05) is 77.0 Å². The topological polar surface area (TPSA) is 67.7 Å². The highest BCUT2D eigenvalue weighted by Gasteiger charge is 2.38. The highest BCUT2D eigenvalue weighted by molar-refractivity contribution is 5.93. The van der Waals surface area contributed by atoms with Crippen molar-refractivity contribution < 1.29 is 14.3 Å². The number of benzene rings is 2. The van der Waals surface area contributed by atoms with Crippen molar-refractivity contribution in [2.24, 2.45) is 5.41 Å². The predicted molar refractivity (Wildman–Crippen MR) is 157 cm³/mol. The molecule has 1 spiro atoms. The lowest BCUT2D eigenvalue weighted by atomic mass is 9.73. The molecule has 0 bridgehead atoms. The van der Waals surface area contributed by atoms with Crippen molar-refractivity contribution in [3.05, 3.63) is 71.9 Å². The van der Waals surface area contributed by atoms with Gasteiger partial charge < -0.3 is 14.5 Å². The monoisotopic (exact) mass is 542 g/mol. The van der Waals surface area contributed by atoms with Gasteiger partial charge in [-0.1, -0.05) is 55.0 Å². The maximum absolute atomic E-state index is 13.7. The molecule has 1 aromatic heterocycles. The molecule has 1 saturated heterocycles. The summed E-state index contributed by atoms with van der Waals surface area (Å²) in [6.45, 7) is 5.37. The SMILES string of the molecule is CCn1nc(-c2ccccc2)cc1C(=O)N1CCC2(CCCCc3ccccc3OCCCC(=O)N(C)C2)CC1. The fourth-order valence-electron chi connectivity index (χ4n) is 6.27. The van der Waals surface area contributed by atoms with Gasteiger partial charge in [-0.25, -0.2) is 0 Å². The number of aromatic nitrogens is 2. The molecule has 5 rings (SSSR count). The quantitative estimate of drug-likeness (QED) is 0.417. The van der Waals surface area contributed by atoms with Gasteiger partial charge in [0.05, 0.1) is 12.3 Å². The van der Waals surface area contributed by atoms with Crippen LogP contribution in [-0.2, 0) is 17.8 Å². The molecule has 0 atom stereocenters. The molecule has 2 amide bonds. The van der Waals surface area contributed by atoms with Crippen LogP contribution in [0, 0.1) is 5.41 Å². The van der Waals surface area contributed by atoms with E-state index in [0.29, 0.717) is 44.8 Å². The summed E-state index contributed by atoms with van der Waals surface area (Å²) >= 11 is 0. The number of nitrogens with zero attached hydrogens (tertiary/aromatic N) is 4. The fraction of sp³-hybridized carbons (Fsp3) is 0.485. The molecule has 212 valence electrons. The molecule has 0 unspecified atom stereocenters. The van der Waals surface area contributed by atoms with E-state index in [4.69, 9.17) is 9.84 Å². The largest absolute Gasteiger partial charge is 0.493 e. The average molecular weight is 543 g/mol. The highest BCUT2D eigenvalue weighted by atomic mass is 16.5. The molecule has 3 aromatic rings. The Morgan fingerprint density at radius 1 is 0.950 bits per heavy atom. The Morgan fingerprint density at radius 2 is 1.70 bits per heavy atom. The molecule has 2 aliphatic heterocycles. The van der Waals surface area contributed by atoms with Gasteiger partial charge in [-0.2, -0.15) is 5.10 Å². The second kappa shape index (κ2) is 12.7. The lowest BCUT2D eigenvalue weighted by Crippen LogP contribution is -2.48. The van der Waals surface area contributed by atoms with E-state index in [1.54, 1.807) is 0 Å². The Balaban J connectivity index is 1.28. The van der Waals surface area contributed by atoms with Crippen molar-refractivity contribution >= 4 is 11.8 Å². The Kier molecular flexibility index (Phi) is 8.88. The number of hydrogen-bond donors (Lipinski definition) is 0. The highest BCUT2D eigenvalue weighted by Crippen LogP contribution is 2.38. The summed E-state index contributed by atoms with van der Waals surface area (Å²) in [7, 11) is 1.94.